The van der Waals surface area contributed by atoms with Gasteiger partial charge in [-0.3, -0.25) is 0 Å². The highest BCUT2D eigenvalue weighted by molar-refractivity contribution is 5.77. The molecule has 1 aromatic heterocycles. The van der Waals surface area contributed by atoms with Crippen LogP contribution in [0.1, 0.15) is 24.6 Å². The van der Waals surface area contributed by atoms with Crippen LogP contribution in [0.15, 0.2) is 60.7 Å². The molecule has 0 bridgehead atoms. The van der Waals surface area contributed by atoms with Gasteiger partial charge in [-0.1, -0.05) is 31.2 Å². The Balaban J connectivity index is 0.00000208. The SMILES string of the molecule is CCCNc1ccc(/C=C/c2ccc3ccccc3[n+]2C)cc1.[I-]. The third-order valence-corrected chi connectivity index (χ3v) is 4.06. The van der Waals surface area contributed by atoms with Gasteiger partial charge in [0.25, 0.3) is 0 Å². The standard InChI is InChI=1S/C21H22N2.HI/c1-3-16-22-19-12-8-17(9-13-19)10-14-20-15-11-18-6-4-5-7-21(18)23(20)2;/h4-15H,3,16H2,1-2H3;1H. The molecule has 0 aliphatic rings. The minimum Gasteiger partial charge on any atom is -1.00 e. The van der Waals surface area contributed by atoms with Gasteiger partial charge >= 0.3 is 0 Å². The number of nitrogens with zero attached hydrogens (tertiary/aromatic N) is 1. The minimum atomic E-state index is 0. The van der Waals surface area contributed by atoms with Crippen LogP contribution < -0.4 is 33.9 Å². The third kappa shape index (κ3) is 4.35. The Morgan fingerprint density at radius 1 is 0.917 bits per heavy atom. The van der Waals surface area contributed by atoms with E-state index in [9.17, 15) is 0 Å². The van der Waals surface area contributed by atoms with Crippen molar-refractivity contribution in [1.29, 1.82) is 0 Å². The van der Waals surface area contributed by atoms with E-state index >= 15 is 0 Å². The van der Waals surface area contributed by atoms with E-state index in [1.807, 2.05) is 0 Å². The van der Waals surface area contributed by atoms with E-state index in [4.69, 9.17) is 0 Å². The third-order valence-electron chi connectivity index (χ3n) is 4.06. The van der Waals surface area contributed by atoms with Crippen LogP contribution in [-0.4, -0.2) is 6.54 Å². The summed E-state index contributed by atoms with van der Waals surface area (Å²) >= 11 is 0. The molecule has 0 spiro atoms. The lowest BCUT2D eigenvalue weighted by atomic mass is 10.1. The molecule has 3 heteroatoms. The zero-order valence-corrected chi connectivity index (χ0v) is 16.3. The average Bonchev–Trinajstić information content (AvgIpc) is 2.60. The highest BCUT2D eigenvalue weighted by Crippen LogP contribution is 2.14. The number of benzene rings is 2. The van der Waals surface area contributed by atoms with Gasteiger partial charge in [-0.15, -0.1) is 0 Å². The zero-order valence-electron chi connectivity index (χ0n) is 14.2. The fourth-order valence-electron chi connectivity index (χ4n) is 2.69. The summed E-state index contributed by atoms with van der Waals surface area (Å²) in [6.07, 6.45) is 5.47. The van der Waals surface area contributed by atoms with E-state index in [-0.39, 0.29) is 24.0 Å². The summed E-state index contributed by atoms with van der Waals surface area (Å²) in [4.78, 5) is 0. The van der Waals surface area contributed by atoms with Crippen LogP contribution in [0.25, 0.3) is 23.1 Å². The molecule has 0 saturated heterocycles. The number of para-hydroxylation sites is 1. The predicted octanol–water partition coefficient (Wildman–Crippen LogP) is 1.66. The van der Waals surface area contributed by atoms with Gasteiger partial charge in [-0.25, -0.2) is 0 Å². The Kier molecular flexibility index (Phi) is 6.79. The van der Waals surface area contributed by atoms with Crippen molar-refractivity contribution >= 4 is 28.7 Å². The van der Waals surface area contributed by atoms with Crippen molar-refractivity contribution < 1.29 is 28.5 Å². The van der Waals surface area contributed by atoms with E-state index in [1.54, 1.807) is 0 Å². The van der Waals surface area contributed by atoms with Gasteiger partial charge in [0, 0.05) is 35.8 Å². The minimum absolute atomic E-state index is 0. The summed E-state index contributed by atoms with van der Waals surface area (Å²) in [6.45, 7) is 3.19. The molecule has 0 fully saturated rings. The van der Waals surface area contributed by atoms with Crippen LogP contribution in [0.5, 0.6) is 0 Å². The molecule has 0 atom stereocenters. The van der Waals surface area contributed by atoms with E-state index in [1.165, 1.54) is 27.8 Å². The topological polar surface area (TPSA) is 15.9 Å². The second-order valence-corrected chi connectivity index (χ2v) is 5.76. The van der Waals surface area contributed by atoms with Gasteiger partial charge in [0.15, 0.2) is 0 Å². The van der Waals surface area contributed by atoms with E-state index in [0.29, 0.717) is 0 Å². The summed E-state index contributed by atoms with van der Waals surface area (Å²) in [5.74, 6) is 0. The number of pyridine rings is 1. The van der Waals surface area contributed by atoms with E-state index in [2.05, 4.69) is 96.7 Å². The number of hydrogen-bond acceptors (Lipinski definition) is 1. The Bertz CT molecular complexity index is 823. The van der Waals surface area contributed by atoms with Gasteiger partial charge in [0.2, 0.25) is 11.2 Å². The monoisotopic (exact) mass is 430 g/mol. The van der Waals surface area contributed by atoms with Crippen molar-refractivity contribution in [3.63, 3.8) is 0 Å². The number of rotatable bonds is 5. The molecule has 124 valence electrons. The Morgan fingerprint density at radius 3 is 2.42 bits per heavy atom. The first kappa shape index (κ1) is 18.5. The maximum atomic E-state index is 3.40. The van der Waals surface area contributed by atoms with Crippen molar-refractivity contribution in [3.8, 4) is 0 Å². The molecule has 2 nitrogen and oxygen atoms in total. The van der Waals surface area contributed by atoms with Gasteiger partial charge in [-0.05, 0) is 42.3 Å². The molecule has 24 heavy (non-hydrogen) atoms. The number of fused-ring (bicyclic) bond motifs is 1. The number of halogens is 1. The van der Waals surface area contributed by atoms with Crippen LogP contribution in [0.2, 0.25) is 0 Å². The first-order chi connectivity index (χ1) is 11.3. The fourth-order valence-corrected chi connectivity index (χ4v) is 2.69. The molecule has 1 heterocycles. The molecule has 0 saturated carbocycles. The maximum absolute atomic E-state index is 3.40. The van der Waals surface area contributed by atoms with Gasteiger partial charge in [0.1, 0.15) is 7.05 Å². The Hall–Kier alpha value is -1.88. The number of aromatic nitrogens is 1. The van der Waals surface area contributed by atoms with Crippen LogP contribution in [0.4, 0.5) is 5.69 Å². The van der Waals surface area contributed by atoms with Crippen LogP contribution >= 0.6 is 0 Å². The molecular weight excluding hydrogens is 407 g/mol. The number of aryl methyl sites for hydroxylation is 1. The predicted molar refractivity (Wildman–Crippen MR) is 99.3 cm³/mol. The molecular formula is C21H23IN2. The number of nitrogens with one attached hydrogen (secondary N) is 1. The second kappa shape index (κ2) is 8.83. The molecule has 0 aliphatic heterocycles. The Morgan fingerprint density at radius 2 is 1.67 bits per heavy atom. The van der Waals surface area contributed by atoms with Crippen LogP contribution in [-0.2, 0) is 7.05 Å². The second-order valence-electron chi connectivity index (χ2n) is 5.76. The van der Waals surface area contributed by atoms with Crippen LogP contribution in [0.3, 0.4) is 0 Å². The lowest BCUT2D eigenvalue weighted by Gasteiger charge is -2.04. The summed E-state index contributed by atoms with van der Waals surface area (Å²) in [7, 11) is 2.11. The van der Waals surface area contributed by atoms with Crippen LogP contribution in [0, 0.1) is 0 Å². The summed E-state index contributed by atoms with van der Waals surface area (Å²) in [5, 5.41) is 4.66. The Labute approximate surface area is 161 Å². The molecule has 1 N–H and O–H groups in total. The van der Waals surface area contributed by atoms with Gasteiger partial charge < -0.3 is 29.3 Å². The van der Waals surface area contributed by atoms with Crippen molar-refractivity contribution in [2.45, 2.75) is 13.3 Å². The molecule has 0 unspecified atom stereocenters. The highest BCUT2D eigenvalue weighted by atomic mass is 127. The summed E-state index contributed by atoms with van der Waals surface area (Å²) < 4.78 is 2.23. The molecule has 0 amide bonds. The average molecular weight is 430 g/mol. The normalized spacial score (nSPS) is 10.8. The summed E-state index contributed by atoms with van der Waals surface area (Å²) in [5.41, 5.74) is 4.83. The molecule has 0 aliphatic carbocycles. The number of hydrogen-bond donors (Lipinski definition) is 1. The molecule has 0 radical (unpaired) electrons. The van der Waals surface area contributed by atoms with Crippen molar-refractivity contribution in [2.24, 2.45) is 7.05 Å². The molecule has 3 aromatic rings. The van der Waals surface area contributed by atoms with Gasteiger partial charge in [-0.2, -0.15) is 4.57 Å². The quantitative estimate of drug-likeness (QED) is 0.481. The smallest absolute Gasteiger partial charge is 0.212 e. The van der Waals surface area contributed by atoms with E-state index < -0.39 is 0 Å². The number of anilines is 1. The van der Waals surface area contributed by atoms with Gasteiger partial charge in [0.05, 0.1) is 0 Å². The van der Waals surface area contributed by atoms with Crippen molar-refractivity contribution in [1.82, 2.24) is 0 Å². The zero-order chi connectivity index (χ0) is 16.1. The maximum Gasteiger partial charge on any atom is 0.212 e. The van der Waals surface area contributed by atoms with Crippen molar-refractivity contribution in [2.75, 3.05) is 11.9 Å². The lowest BCUT2D eigenvalue weighted by Crippen LogP contribution is -3.00. The largest absolute Gasteiger partial charge is 1.00 e. The first-order valence-corrected chi connectivity index (χ1v) is 8.18. The lowest BCUT2D eigenvalue weighted by molar-refractivity contribution is -0.646. The van der Waals surface area contributed by atoms with E-state index in [0.717, 1.165) is 13.0 Å². The molecule has 2 aromatic carbocycles. The summed E-state index contributed by atoms with van der Waals surface area (Å²) in [6, 6.07) is 21.4. The fraction of sp³-hybridized carbons (Fsp3) is 0.190. The first-order valence-electron chi connectivity index (χ1n) is 8.18. The molecule has 3 rings (SSSR count). The van der Waals surface area contributed by atoms with Crippen molar-refractivity contribution in [3.05, 3.63) is 71.9 Å². The highest BCUT2D eigenvalue weighted by Gasteiger charge is 2.07.